The highest BCUT2D eigenvalue weighted by Crippen LogP contribution is 2.34. The minimum atomic E-state index is -4.15. The van der Waals surface area contributed by atoms with Gasteiger partial charge >= 0.3 is 0 Å². The van der Waals surface area contributed by atoms with Gasteiger partial charge in [0.1, 0.15) is 24.0 Å². The van der Waals surface area contributed by atoms with Crippen LogP contribution >= 0.6 is 15.9 Å². The van der Waals surface area contributed by atoms with Crippen molar-refractivity contribution in [3.05, 3.63) is 98.5 Å². The van der Waals surface area contributed by atoms with E-state index in [4.69, 9.17) is 4.74 Å². The van der Waals surface area contributed by atoms with E-state index < -0.39 is 33.4 Å². The van der Waals surface area contributed by atoms with Crippen LogP contribution in [0.2, 0.25) is 0 Å². The number of methoxy groups -OCH3 is 1. The van der Waals surface area contributed by atoms with Crippen molar-refractivity contribution in [2.45, 2.75) is 45.3 Å². The lowest BCUT2D eigenvalue weighted by atomic mass is 10.0. The molecule has 2 unspecified atom stereocenters. The highest BCUT2D eigenvalue weighted by Gasteiger charge is 2.34. The Morgan fingerprint density at radius 3 is 2.30 bits per heavy atom. The smallest absolute Gasteiger partial charge is 0.271 e. The van der Waals surface area contributed by atoms with Crippen molar-refractivity contribution in [2.75, 3.05) is 24.2 Å². The van der Waals surface area contributed by atoms with E-state index in [1.807, 2.05) is 56.3 Å². The first-order valence-electron chi connectivity index (χ1n) is 13.5. The van der Waals surface area contributed by atoms with Crippen LogP contribution < -0.4 is 14.4 Å². The summed E-state index contributed by atoms with van der Waals surface area (Å²) in [4.78, 5) is 40.2. The van der Waals surface area contributed by atoms with Gasteiger partial charge in [0.15, 0.2) is 0 Å². The Kier molecular flexibility index (Phi) is 11.7. The molecule has 0 aliphatic rings. The number of nitro groups is 1. The van der Waals surface area contributed by atoms with Crippen LogP contribution in [0.1, 0.15) is 31.4 Å². The lowest BCUT2D eigenvalue weighted by Gasteiger charge is -2.34. The summed E-state index contributed by atoms with van der Waals surface area (Å²) in [5, 5.41) is 14.5. The van der Waals surface area contributed by atoms with Gasteiger partial charge in [0.25, 0.3) is 5.69 Å². The first kappa shape index (κ1) is 33.5. The number of carbonyl (C=O) groups excluding carboxylic acids is 2. The number of carbonyl (C=O) groups is 2. The van der Waals surface area contributed by atoms with Crippen LogP contribution in [-0.4, -0.2) is 62.0 Å². The second-order valence-electron chi connectivity index (χ2n) is 10.1. The molecule has 1 N–H and O–H groups in total. The van der Waals surface area contributed by atoms with Crippen LogP contribution in [0.3, 0.4) is 0 Å². The van der Waals surface area contributed by atoms with Crippen molar-refractivity contribution in [1.82, 2.24) is 10.2 Å². The SMILES string of the molecule is CCC(C)NC(=O)C(Cc1ccccc1)N(Cc1cccc(Br)c1)C(=O)CN(c1cc([N+](=O)[O-])ccc1OC)S(C)(=O)=O. The summed E-state index contributed by atoms with van der Waals surface area (Å²) >= 11 is 3.44. The van der Waals surface area contributed by atoms with E-state index in [1.54, 1.807) is 12.1 Å². The van der Waals surface area contributed by atoms with Gasteiger partial charge in [-0.05, 0) is 42.7 Å². The predicted octanol–water partition coefficient (Wildman–Crippen LogP) is 4.69. The maximum absolute atomic E-state index is 14.2. The molecule has 3 rings (SSSR count). The van der Waals surface area contributed by atoms with Gasteiger partial charge in [0, 0.05) is 35.6 Å². The first-order valence-corrected chi connectivity index (χ1v) is 16.2. The molecule has 0 aromatic heterocycles. The molecule has 11 nitrogen and oxygen atoms in total. The summed E-state index contributed by atoms with van der Waals surface area (Å²) in [6.45, 7) is 3.05. The third kappa shape index (κ3) is 9.26. The molecule has 0 bridgehead atoms. The Labute approximate surface area is 260 Å². The maximum atomic E-state index is 14.2. The Bertz CT molecular complexity index is 1550. The van der Waals surface area contributed by atoms with Crippen molar-refractivity contribution in [3.63, 3.8) is 0 Å². The summed E-state index contributed by atoms with van der Waals surface area (Å²) < 4.78 is 33.0. The van der Waals surface area contributed by atoms with E-state index in [0.29, 0.717) is 12.0 Å². The van der Waals surface area contributed by atoms with Gasteiger partial charge in [0.05, 0.1) is 18.3 Å². The van der Waals surface area contributed by atoms with Crippen LogP contribution in [0.15, 0.2) is 77.3 Å². The number of amides is 2. The number of nitrogens with zero attached hydrogens (tertiary/aromatic N) is 3. The summed E-state index contributed by atoms with van der Waals surface area (Å²) in [5.74, 6) is -1.04. The molecule has 0 aliphatic carbocycles. The highest BCUT2D eigenvalue weighted by molar-refractivity contribution is 9.10. The molecule has 0 aliphatic heterocycles. The Morgan fingerprint density at radius 2 is 1.72 bits per heavy atom. The van der Waals surface area contributed by atoms with E-state index in [1.165, 1.54) is 24.1 Å². The van der Waals surface area contributed by atoms with Crippen molar-refractivity contribution in [1.29, 1.82) is 0 Å². The van der Waals surface area contributed by atoms with Gasteiger partial charge in [-0.25, -0.2) is 8.42 Å². The van der Waals surface area contributed by atoms with Gasteiger partial charge < -0.3 is 15.0 Å². The normalized spacial score (nSPS) is 12.6. The number of nitro benzene ring substituents is 1. The number of hydrogen-bond donors (Lipinski definition) is 1. The van der Waals surface area contributed by atoms with Gasteiger partial charge in [-0.15, -0.1) is 0 Å². The maximum Gasteiger partial charge on any atom is 0.271 e. The topological polar surface area (TPSA) is 139 Å². The molecule has 13 heteroatoms. The molecule has 2 atom stereocenters. The number of anilines is 1. The Balaban J connectivity index is 2.13. The average molecular weight is 676 g/mol. The molecule has 0 heterocycles. The van der Waals surface area contributed by atoms with E-state index in [-0.39, 0.29) is 42.0 Å². The van der Waals surface area contributed by atoms with E-state index in [0.717, 1.165) is 26.7 Å². The third-order valence-corrected chi connectivity index (χ3v) is 8.45. The molecule has 2 amide bonds. The zero-order valence-electron chi connectivity index (χ0n) is 24.4. The fourth-order valence-corrected chi connectivity index (χ4v) is 5.70. The second kappa shape index (κ2) is 15.0. The van der Waals surface area contributed by atoms with E-state index in [2.05, 4.69) is 21.2 Å². The summed E-state index contributed by atoms with van der Waals surface area (Å²) in [7, 11) is -2.86. The van der Waals surface area contributed by atoms with Crippen molar-refractivity contribution < 1.29 is 27.7 Å². The van der Waals surface area contributed by atoms with Gasteiger partial charge in [-0.3, -0.25) is 24.0 Å². The molecule has 0 spiro atoms. The lowest BCUT2D eigenvalue weighted by molar-refractivity contribution is -0.384. The molecule has 0 saturated carbocycles. The summed E-state index contributed by atoms with van der Waals surface area (Å²) in [6.07, 6.45) is 1.73. The first-order chi connectivity index (χ1) is 20.3. The van der Waals surface area contributed by atoms with Crippen LogP contribution in [0.25, 0.3) is 0 Å². The molecule has 0 saturated heterocycles. The van der Waals surface area contributed by atoms with E-state index in [9.17, 15) is 28.1 Å². The largest absolute Gasteiger partial charge is 0.495 e. The van der Waals surface area contributed by atoms with Crippen molar-refractivity contribution in [3.8, 4) is 5.75 Å². The van der Waals surface area contributed by atoms with Crippen molar-refractivity contribution in [2.24, 2.45) is 0 Å². The predicted molar refractivity (Wildman–Crippen MR) is 168 cm³/mol. The zero-order valence-corrected chi connectivity index (χ0v) is 26.8. The summed E-state index contributed by atoms with van der Waals surface area (Å²) in [6, 6.07) is 18.8. The number of rotatable bonds is 14. The van der Waals surface area contributed by atoms with Crippen LogP contribution in [0.4, 0.5) is 11.4 Å². The van der Waals surface area contributed by atoms with Gasteiger partial charge in [0.2, 0.25) is 21.8 Å². The Morgan fingerprint density at radius 1 is 1.05 bits per heavy atom. The van der Waals surface area contributed by atoms with E-state index >= 15 is 0 Å². The fraction of sp³-hybridized carbons (Fsp3) is 0.333. The number of nitrogens with one attached hydrogen (secondary N) is 1. The zero-order chi connectivity index (χ0) is 31.7. The number of sulfonamides is 1. The number of non-ortho nitro benzene ring substituents is 1. The molecule has 0 radical (unpaired) electrons. The molecular weight excluding hydrogens is 640 g/mol. The molecular formula is C30H35BrN4O7S. The molecule has 43 heavy (non-hydrogen) atoms. The standard InChI is InChI=1S/C30H35BrN4O7S/c1-5-21(2)32-30(37)27(17-22-10-7-6-8-11-22)33(19-23-12-9-13-24(31)16-23)29(36)20-34(43(4,40)41)26-18-25(35(38)39)14-15-28(26)42-3/h6-16,18,21,27H,5,17,19-20H2,1-4H3,(H,32,37). The van der Waals surface area contributed by atoms with Crippen LogP contribution in [0.5, 0.6) is 5.75 Å². The van der Waals surface area contributed by atoms with Gasteiger partial charge in [-0.1, -0.05) is 65.3 Å². The van der Waals surface area contributed by atoms with Crippen molar-refractivity contribution >= 4 is 49.1 Å². The Hall–Kier alpha value is -3.97. The minimum absolute atomic E-state index is 0.00657. The number of ether oxygens (including phenoxy) is 1. The van der Waals surface area contributed by atoms with Crippen LogP contribution in [0, 0.1) is 10.1 Å². The average Bonchev–Trinajstić information content (AvgIpc) is 2.97. The fourth-order valence-electron chi connectivity index (χ4n) is 4.41. The lowest BCUT2D eigenvalue weighted by Crippen LogP contribution is -2.54. The monoisotopic (exact) mass is 674 g/mol. The third-order valence-electron chi connectivity index (χ3n) is 6.84. The molecule has 230 valence electrons. The molecule has 3 aromatic rings. The minimum Gasteiger partial charge on any atom is -0.495 e. The quantitative estimate of drug-likeness (QED) is 0.193. The van der Waals surface area contributed by atoms with Gasteiger partial charge in [-0.2, -0.15) is 0 Å². The number of benzene rings is 3. The highest BCUT2D eigenvalue weighted by atomic mass is 79.9. The second-order valence-corrected chi connectivity index (χ2v) is 12.9. The molecule has 0 fully saturated rings. The number of halogens is 1. The van der Waals surface area contributed by atoms with Crippen LogP contribution in [-0.2, 0) is 32.6 Å². The molecule has 3 aromatic carbocycles. The summed E-state index contributed by atoms with van der Waals surface area (Å²) in [5.41, 5.74) is 0.964. The number of hydrogen-bond acceptors (Lipinski definition) is 7.